The summed E-state index contributed by atoms with van der Waals surface area (Å²) in [6, 6.07) is -0.421. The Bertz CT molecular complexity index is 562. The second kappa shape index (κ2) is 5.86. The van der Waals surface area contributed by atoms with Gasteiger partial charge in [-0.3, -0.25) is 14.5 Å². The fourth-order valence-corrected chi connectivity index (χ4v) is 4.16. The lowest BCUT2D eigenvalue weighted by atomic mass is 9.93. The molecule has 1 N–H and O–H groups in total. The van der Waals surface area contributed by atoms with Gasteiger partial charge in [0.2, 0.25) is 5.91 Å². The van der Waals surface area contributed by atoms with Crippen LogP contribution >= 0.6 is 0 Å². The second-order valence-corrected chi connectivity index (χ2v) is 6.36. The highest BCUT2D eigenvalue weighted by atomic mass is 16.5. The summed E-state index contributed by atoms with van der Waals surface area (Å²) in [5, 5.41) is 2.65. The predicted octanol–water partition coefficient (Wildman–Crippen LogP) is 0.653. The maximum Gasteiger partial charge on any atom is 0.410 e. The monoisotopic (exact) mass is 321 g/mol. The quantitative estimate of drug-likeness (QED) is 0.719. The van der Waals surface area contributed by atoms with E-state index in [4.69, 9.17) is 4.74 Å². The molecule has 3 aliphatic heterocycles. The van der Waals surface area contributed by atoms with Gasteiger partial charge in [-0.15, -0.1) is 0 Å². The number of nitrogens with zero attached hydrogens (tertiary/aromatic N) is 2. The molecule has 3 rings (SSSR count). The Labute approximate surface area is 135 Å². The number of amides is 3. The molecule has 1 spiro atoms. The summed E-state index contributed by atoms with van der Waals surface area (Å²) in [7, 11) is 2.91. The van der Waals surface area contributed by atoms with Gasteiger partial charge in [-0.25, -0.2) is 4.79 Å². The Morgan fingerprint density at radius 1 is 1.39 bits per heavy atom. The fraction of sp³-hybridized carbons (Fsp3) is 0.688. The van der Waals surface area contributed by atoms with Gasteiger partial charge in [-0.2, -0.15) is 0 Å². The maximum atomic E-state index is 13.4. The molecule has 0 aromatic heterocycles. The van der Waals surface area contributed by atoms with E-state index < -0.39 is 17.7 Å². The molecule has 0 aromatic rings. The van der Waals surface area contributed by atoms with Crippen LogP contribution in [0, 0.1) is 0 Å². The summed E-state index contributed by atoms with van der Waals surface area (Å²) in [6.07, 6.45) is 6.84. The smallest absolute Gasteiger partial charge is 0.410 e. The molecule has 0 aromatic carbocycles. The van der Waals surface area contributed by atoms with Crippen molar-refractivity contribution < 1.29 is 19.1 Å². The number of fused-ring (bicyclic) bond motifs is 1. The van der Waals surface area contributed by atoms with E-state index in [2.05, 4.69) is 5.32 Å². The minimum atomic E-state index is -1.00. The standard InChI is InChI=1S/C16H23N3O4/c1-17-13(20)12-7-6-11-5-3-8-16(14(21)19(11)12)9-4-10-18(16)15(22)23-2/h3,8,11-12H,4-7,9-10H2,1-2H3,(H,17,20)/t11-,12-,16+/m0/s1. The molecule has 3 heterocycles. The predicted molar refractivity (Wildman–Crippen MR) is 82.6 cm³/mol. The SMILES string of the molecule is CNC(=O)[C@@H]1CC[C@@H]2CC=C[C@@]3(CCCN3C(=O)OC)C(=O)N21. The number of hydrogen-bond acceptors (Lipinski definition) is 4. The van der Waals surface area contributed by atoms with E-state index in [1.807, 2.05) is 12.2 Å². The molecule has 7 heteroatoms. The summed E-state index contributed by atoms with van der Waals surface area (Å²) in [5.41, 5.74) is -1.00. The molecule has 0 unspecified atom stereocenters. The number of nitrogens with one attached hydrogen (secondary N) is 1. The average molecular weight is 321 g/mol. The minimum absolute atomic E-state index is 0.0283. The number of carbonyl (C=O) groups excluding carboxylic acids is 3. The summed E-state index contributed by atoms with van der Waals surface area (Å²) in [6.45, 7) is 0.492. The third-order valence-electron chi connectivity index (χ3n) is 5.27. The fourth-order valence-electron chi connectivity index (χ4n) is 4.16. The first kappa shape index (κ1) is 15.8. The van der Waals surface area contributed by atoms with E-state index in [9.17, 15) is 14.4 Å². The van der Waals surface area contributed by atoms with E-state index in [0.29, 0.717) is 19.4 Å². The molecule has 0 radical (unpaired) electrons. The number of rotatable bonds is 1. The number of ether oxygens (including phenoxy) is 1. The summed E-state index contributed by atoms with van der Waals surface area (Å²) in [4.78, 5) is 40.9. The highest BCUT2D eigenvalue weighted by molar-refractivity contribution is 5.97. The van der Waals surface area contributed by atoms with Crippen LogP contribution in [0.1, 0.15) is 32.1 Å². The van der Waals surface area contributed by atoms with E-state index in [0.717, 1.165) is 19.3 Å². The molecule has 3 amide bonds. The van der Waals surface area contributed by atoms with Gasteiger partial charge in [-0.05, 0) is 32.1 Å². The molecule has 0 aliphatic carbocycles. The van der Waals surface area contributed by atoms with Gasteiger partial charge in [0.15, 0.2) is 0 Å². The highest BCUT2D eigenvalue weighted by Gasteiger charge is 2.55. The first-order valence-electron chi connectivity index (χ1n) is 8.13. The zero-order valence-corrected chi connectivity index (χ0v) is 13.6. The lowest BCUT2D eigenvalue weighted by Gasteiger charge is -2.38. The van der Waals surface area contributed by atoms with Crippen molar-refractivity contribution in [2.45, 2.75) is 49.7 Å². The first-order valence-corrected chi connectivity index (χ1v) is 8.13. The lowest BCUT2D eigenvalue weighted by Crippen LogP contribution is -2.60. The zero-order chi connectivity index (χ0) is 16.6. The highest BCUT2D eigenvalue weighted by Crippen LogP contribution is 2.40. The largest absolute Gasteiger partial charge is 0.453 e. The number of methoxy groups -OCH3 is 1. The Morgan fingerprint density at radius 3 is 2.87 bits per heavy atom. The third kappa shape index (κ3) is 2.29. The van der Waals surface area contributed by atoms with Crippen molar-refractivity contribution in [3.8, 4) is 0 Å². The maximum absolute atomic E-state index is 13.4. The van der Waals surface area contributed by atoms with Crippen LogP contribution in [0.15, 0.2) is 12.2 Å². The van der Waals surface area contributed by atoms with Gasteiger partial charge in [0.05, 0.1) is 7.11 Å². The molecule has 3 atom stereocenters. The number of carbonyl (C=O) groups is 3. The molecule has 7 nitrogen and oxygen atoms in total. The molecule has 2 fully saturated rings. The number of likely N-dealkylation sites (tertiary alicyclic amines) is 1. The van der Waals surface area contributed by atoms with Crippen LogP contribution in [0.4, 0.5) is 4.79 Å². The van der Waals surface area contributed by atoms with Crippen molar-refractivity contribution in [2.75, 3.05) is 20.7 Å². The molecule has 3 aliphatic rings. The molecule has 23 heavy (non-hydrogen) atoms. The van der Waals surface area contributed by atoms with Crippen LogP contribution < -0.4 is 5.32 Å². The molecule has 126 valence electrons. The van der Waals surface area contributed by atoms with Crippen LogP contribution in [-0.4, -0.2) is 66.0 Å². The van der Waals surface area contributed by atoms with Crippen molar-refractivity contribution in [2.24, 2.45) is 0 Å². The van der Waals surface area contributed by atoms with Gasteiger partial charge in [0.1, 0.15) is 11.6 Å². The van der Waals surface area contributed by atoms with Crippen LogP contribution in [0.5, 0.6) is 0 Å². The lowest BCUT2D eigenvalue weighted by molar-refractivity contribution is -0.146. The van der Waals surface area contributed by atoms with E-state index in [1.54, 1.807) is 11.9 Å². The van der Waals surface area contributed by atoms with Gasteiger partial charge in [0.25, 0.3) is 5.91 Å². The van der Waals surface area contributed by atoms with Crippen molar-refractivity contribution >= 4 is 17.9 Å². The van der Waals surface area contributed by atoms with E-state index in [-0.39, 0.29) is 17.9 Å². The molecule has 2 saturated heterocycles. The minimum Gasteiger partial charge on any atom is -0.453 e. The first-order chi connectivity index (χ1) is 11.0. The van der Waals surface area contributed by atoms with Crippen molar-refractivity contribution in [1.82, 2.24) is 15.1 Å². The van der Waals surface area contributed by atoms with Gasteiger partial charge in [-0.1, -0.05) is 12.2 Å². The normalized spacial score (nSPS) is 32.9. The molecular weight excluding hydrogens is 298 g/mol. The van der Waals surface area contributed by atoms with Crippen LogP contribution in [0.25, 0.3) is 0 Å². The van der Waals surface area contributed by atoms with Crippen molar-refractivity contribution in [1.29, 1.82) is 0 Å². The number of hydrogen-bond donors (Lipinski definition) is 1. The zero-order valence-electron chi connectivity index (χ0n) is 13.6. The number of likely N-dealkylation sites (N-methyl/N-ethyl adjacent to an activating group) is 1. The van der Waals surface area contributed by atoms with Crippen LogP contribution in [-0.2, 0) is 14.3 Å². The Morgan fingerprint density at radius 2 is 2.17 bits per heavy atom. The van der Waals surface area contributed by atoms with Crippen LogP contribution in [0.2, 0.25) is 0 Å². The summed E-state index contributed by atoms with van der Waals surface area (Å²) < 4.78 is 4.86. The summed E-state index contributed by atoms with van der Waals surface area (Å²) in [5.74, 6) is -0.286. The topological polar surface area (TPSA) is 79.0 Å². The van der Waals surface area contributed by atoms with Crippen LogP contribution in [0.3, 0.4) is 0 Å². The second-order valence-electron chi connectivity index (χ2n) is 6.36. The van der Waals surface area contributed by atoms with Gasteiger partial charge >= 0.3 is 6.09 Å². The third-order valence-corrected chi connectivity index (χ3v) is 5.27. The molecular formula is C16H23N3O4. The van der Waals surface area contributed by atoms with Crippen molar-refractivity contribution in [3.63, 3.8) is 0 Å². The molecule has 0 bridgehead atoms. The van der Waals surface area contributed by atoms with E-state index >= 15 is 0 Å². The van der Waals surface area contributed by atoms with Crippen molar-refractivity contribution in [3.05, 3.63) is 12.2 Å². The average Bonchev–Trinajstić information content (AvgIpc) is 3.14. The Kier molecular flexibility index (Phi) is 4.04. The van der Waals surface area contributed by atoms with E-state index in [1.165, 1.54) is 12.0 Å². The Balaban J connectivity index is 1.98. The molecule has 0 saturated carbocycles. The van der Waals surface area contributed by atoms with Gasteiger partial charge in [0, 0.05) is 19.6 Å². The summed E-state index contributed by atoms with van der Waals surface area (Å²) >= 11 is 0. The van der Waals surface area contributed by atoms with Gasteiger partial charge < -0.3 is 15.0 Å². The Hall–Kier alpha value is -2.05.